The summed E-state index contributed by atoms with van der Waals surface area (Å²) in [4.78, 5) is 34.4. The minimum Gasteiger partial charge on any atom is -0.461 e. The van der Waals surface area contributed by atoms with Crippen LogP contribution in [0.15, 0.2) is 10.9 Å². The predicted molar refractivity (Wildman–Crippen MR) is 82.0 cm³/mol. The maximum Gasteiger partial charge on any atom is 0.407 e. The fraction of sp³-hybridized carbons (Fsp3) is 0.643. The normalized spacial score (nSPS) is 10.5. The number of ether oxygens (including phenoxy) is 2. The van der Waals surface area contributed by atoms with E-state index in [9.17, 15) is 14.4 Å². The number of nitrogens with one attached hydrogen (secondary N) is 2. The third-order valence-electron chi connectivity index (χ3n) is 2.29. The first-order valence-corrected chi connectivity index (χ1v) is 6.66. The second-order valence-electron chi connectivity index (χ2n) is 5.31. The highest BCUT2D eigenvalue weighted by molar-refractivity contribution is 5.87. The van der Waals surface area contributed by atoms with Crippen molar-refractivity contribution in [3.8, 4) is 0 Å². The van der Waals surface area contributed by atoms with Crippen LogP contribution in [-0.2, 0) is 16.0 Å². The summed E-state index contributed by atoms with van der Waals surface area (Å²) in [6.45, 7) is 7.59. The summed E-state index contributed by atoms with van der Waals surface area (Å²) in [5, 5.41) is 5.01. The number of esters is 1. The Morgan fingerprint density at radius 3 is 2.55 bits per heavy atom. The molecule has 22 heavy (non-hydrogen) atoms. The molecule has 0 aliphatic rings. The van der Waals surface area contributed by atoms with Crippen LogP contribution in [0.5, 0.6) is 0 Å². The predicted octanol–water partition coefficient (Wildman–Crippen LogP) is 1.51. The van der Waals surface area contributed by atoms with Gasteiger partial charge in [0.1, 0.15) is 11.3 Å². The Morgan fingerprint density at radius 1 is 1.36 bits per heavy atom. The molecule has 2 N–H and O–H groups in total. The fourth-order valence-corrected chi connectivity index (χ4v) is 1.56. The first-order valence-electron chi connectivity index (χ1n) is 6.66. The number of rotatable bonds is 5. The molecule has 126 valence electrons. The molecule has 0 aliphatic heterocycles. The van der Waals surface area contributed by atoms with Gasteiger partial charge in [-0.1, -0.05) is 7.43 Å². The third kappa shape index (κ3) is 6.47. The Hall–Kier alpha value is -2.25. The molecular weight excluding hydrogens is 290 g/mol. The Balaban J connectivity index is 0.00000441. The highest BCUT2D eigenvalue weighted by Crippen LogP contribution is 2.06. The fourth-order valence-electron chi connectivity index (χ4n) is 1.56. The van der Waals surface area contributed by atoms with Gasteiger partial charge in [0.25, 0.3) is 5.56 Å². The molecule has 8 nitrogen and oxygen atoms in total. The summed E-state index contributed by atoms with van der Waals surface area (Å²) >= 11 is 0. The molecule has 0 aromatic carbocycles. The number of aromatic nitrogens is 2. The molecular formula is C14H25N3O5. The van der Waals surface area contributed by atoms with E-state index in [0.29, 0.717) is 0 Å². The topological polar surface area (TPSA) is 102 Å². The van der Waals surface area contributed by atoms with Gasteiger partial charge >= 0.3 is 12.1 Å². The van der Waals surface area contributed by atoms with E-state index in [0.717, 1.165) is 6.07 Å². The number of carbonyl (C=O) groups excluding carboxylic acids is 2. The maximum atomic E-state index is 11.6. The van der Waals surface area contributed by atoms with Crippen molar-refractivity contribution in [1.29, 1.82) is 0 Å². The van der Waals surface area contributed by atoms with Crippen molar-refractivity contribution in [2.45, 2.75) is 47.3 Å². The molecule has 1 heterocycles. The van der Waals surface area contributed by atoms with Crippen LogP contribution in [0.25, 0.3) is 0 Å². The zero-order valence-corrected chi connectivity index (χ0v) is 12.7. The van der Waals surface area contributed by atoms with E-state index in [1.807, 2.05) is 0 Å². The van der Waals surface area contributed by atoms with E-state index < -0.39 is 23.2 Å². The smallest absolute Gasteiger partial charge is 0.407 e. The summed E-state index contributed by atoms with van der Waals surface area (Å²) in [7, 11) is 0. The quantitative estimate of drug-likeness (QED) is 0.802. The van der Waals surface area contributed by atoms with E-state index in [4.69, 9.17) is 9.47 Å². The monoisotopic (exact) mass is 315 g/mol. The van der Waals surface area contributed by atoms with Gasteiger partial charge in [0.05, 0.1) is 13.2 Å². The van der Waals surface area contributed by atoms with Crippen molar-refractivity contribution in [3.05, 3.63) is 22.1 Å². The second kappa shape index (κ2) is 8.26. The van der Waals surface area contributed by atoms with E-state index in [-0.39, 0.29) is 32.8 Å². The van der Waals surface area contributed by atoms with Crippen LogP contribution in [0, 0.1) is 0 Å². The van der Waals surface area contributed by atoms with Crippen molar-refractivity contribution in [2.75, 3.05) is 13.2 Å². The van der Waals surface area contributed by atoms with Gasteiger partial charge in [-0.05, 0) is 27.7 Å². The highest BCUT2D eigenvalue weighted by Gasteiger charge is 2.17. The van der Waals surface area contributed by atoms with E-state index >= 15 is 0 Å². The number of hydrogen-bond acceptors (Lipinski definition) is 5. The molecule has 0 saturated heterocycles. The Bertz CT molecular complexity index is 554. The summed E-state index contributed by atoms with van der Waals surface area (Å²) in [6.07, 6.45) is -0.560. The lowest BCUT2D eigenvalue weighted by molar-refractivity contribution is 0.0512. The van der Waals surface area contributed by atoms with Crippen LogP contribution in [0.3, 0.4) is 0 Å². The van der Waals surface area contributed by atoms with Gasteiger partial charge < -0.3 is 14.8 Å². The zero-order valence-electron chi connectivity index (χ0n) is 12.7. The molecule has 1 aromatic rings. The average molecular weight is 315 g/mol. The summed E-state index contributed by atoms with van der Waals surface area (Å²) in [6, 6.07) is 1.16. The summed E-state index contributed by atoms with van der Waals surface area (Å²) < 4.78 is 11.2. The van der Waals surface area contributed by atoms with E-state index in [2.05, 4.69) is 10.4 Å². The number of H-pyrrole nitrogens is 1. The van der Waals surface area contributed by atoms with Crippen molar-refractivity contribution < 1.29 is 19.1 Å². The summed E-state index contributed by atoms with van der Waals surface area (Å²) in [5.41, 5.74) is -0.870. The van der Waals surface area contributed by atoms with Gasteiger partial charge in [0, 0.05) is 12.6 Å². The molecule has 8 heteroatoms. The number of aromatic amines is 1. The molecule has 0 radical (unpaired) electrons. The molecule has 0 spiro atoms. The molecule has 0 aliphatic carbocycles. The van der Waals surface area contributed by atoms with Gasteiger partial charge in [-0.15, -0.1) is 0 Å². The van der Waals surface area contributed by atoms with Crippen LogP contribution in [-0.4, -0.2) is 40.6 Å². The largest absolute Gasteiger partial charge is 0.461 e. The molecule has 0 atom stereocenters. The average Bonchev–Trinajstić information content (AvgIpc) is 2.68. The van der Waals surface area contributed by atoms with Crippen LogP contribution in [0.4, 0.5) is 4.79 Å². The first-order chi connectivity index (χ1) is 9.73. The molecule has 0 bridgehead atoms. The van der Waals surface area contributed by atoms with Crippen molar-refractivity contribution >= 4 is 12.1 Å². The van der Waals surface area contributed by atoms with Crippen LogP contribution in [0.1, 0.15) is 45.6 Å². The van der Waals surface area contributed by atoms with Gasteiger partial charge in [-0.3, -0.25) is 14.6 Å². The molecule has 1 aromatic heterocycles. The van der Waals surface area contributed by atoms with Gasteiger partial charge in [-0.25, -0.2) is 9.59 Å². The van der Waals surface area contributed by atoms with Crippen molar-refractivity contribution in [3.63, 3.8) is 0 Å². The van der Waals surface area contributed by atoms with Crippen LogP contribution in [0.2, 0.25) is 0 Å². The zero-order chi connectivity index (χ0) is 16.0. The third-order valence-corrected chi connectivity index (χ3v) is 2.29. The molecule has 1 rings (SSSR count). The van der Waals surface area contributed by atoms with E-state index in [1.165, 1.54) is 4.68 Å². The van der Waals surface area contributed by atoms with Crippen LogP contribution >= 0.6 is 0 Å². The van der Waals surface area contributed by atoms with Gasteiger partial charge in [0.2, 0.25) is 0 Å². The molecule has 0 unspecified atom stereocenters. The molecule has 0 saturated carbocycles. The van der Waals surface area contributed by atoms with Gasteiger partial charge in [-0.2, -0.15) is 0 Å². The minimum atomic E-state index is -0.590. The number of nitrogens with zero attached hydrogens (tertiary/aromatic N) is 1. The summed E-state index contributed by atoms with van der Waals surface area (Å²) in [5.74, 6) is -0.590. The Kier molecular flexibility index (Phi) is 7.41. The highest BCUT2D eigenvalue weighted by atomic mass is 16.6. The number of alkyl carbamates (subject to hydrolysis) is 1. The minimum absolute atomic E-state index is 0. The molecule has 1 amide bonds. The van der Waals surface area contributed by atoms with Crippen LogP contribution < -0.4 is 10.9 Å². The Labute approximate surface area is 129 Å². The molecule has 0 fully saturated rings. The lowest BCUT2D eigenvalue weighted by Crippen LogP contribution is -2.34. The van der Waals surface area contributed by atoms with Crippen molar-refractivity contribution in [1.82, 2.24) is 15.1 Å². The van der Waals surface area contributed by atoms with E-state index in [1.54, 1.807) is 27.7 Å². The maximum absolute atomic E-state index is 11.6. The lowest BCUT2D eigenvalue weighted by Gasteiger charge is -2.19. The second-order valence-corrected chi connectivity index (χ2v) is 5.31. The number of hydrogen-bond donors (Lipinski definition) is 2. The lowest BCUT2D eigenvalue weighted by atomic mass is 10.2. The number of carbonyl (C=O) groups is 2. The van der Waals surface area contributed by atoms with Gasteiger partial charge in [0.15, 0.2) is 0 Å². The van der Waals surface area contributed by atoms with Crippen molar-refractivity contribution in [2.24, 2.45) is 0 Å². The number of amides is 1. The SMILES string of the molecule is C.CCOC(=O)c1cc(=O)[nH]n1CCNC(=O)OC(C)(C)C. The first kappa shape index (κ1) is 19.8. The standard InChI is InChI=1S/C13H21N3O5.CH4/c1-5-20-11(18)9-8-10(17)15-16(9)7-6-14-12(19)21-13(2,3)4;/h8H,5-7H2,1-4H3,(H,14,19)(H,15,17);1H4. The Morgan fingerprint density at radius 2 is 2.00 bits per heavy atom.